The van der Waals surface area contributed by atoms with Crippen molar-refractivity contribution in [2.75, 3.05) is 26.2 Å². The summed E-state index contributed by atoms with van der Waals surface area (Å²) in [7, 11) is 0. The minimum Gasteiger partial charge on any atom is -0.480 e. The van der Waals surface area contributed by atoms with Gasteiger partial charge in [0.05, 0.1) is 5.69 Å². The predicted octanol–water partition coefficient (Wildman–Crippen LogP) is 2.88. The average molecular weight is 363 g/mol. The van der Waals surface area contributed by atoms with Crippen LogP contribution in [0.2, 0.25) is 5.15 Å². The first kappa shape index (κ1) is 17.9. The number of benzene rings is 1. The third-order valence-electron chi connectivity index (χ3n) is 4.68. The van der Waals surface area contributed by atoms with Crippen molar-refractivity contribution in [3.05, 3.63) is 41.2 Å². The molecular weight excluding hydrogens is 340 g/mol. The van der Waals surface area contributed by atoms with Crippen LogP contribution in [0.3, 0.4) is 0 Å². The number of H-pyrrole nitrogens is 1. The van der Waals surface area contributed by atoms with Gasteiger partial charge in [-0.2, -0.15) is 0 Å². The average Bonchev–Trinajstić information content (AvgIpc) is 2.98. The highest BCUT2D eigenvalue weighted by Crippen LogP contribution is 2.30. The largest absolute Gasteiger partial charge is 0.480 e. The zero-order chi connectivity index (χ0) is 18.0. The second-order valence-corrected chi connectivity index (χ2v) is 6.92. The van der Waals surface area contributed by atoms with Gasteiger partial charge < -0.3 is 10.1 Å². The van der Waals surface area contributed by atoms with Gasteiger partial charge in [-0.05, 0) is 13.8 Å². The molecule has 25 heavy (non-hydrogen) atoms. The Hall–Kier alpha value is -1.89. The van der Waals surface area contributed by atoms with Crippen LogP contribution in [0.5, 0.6) is 0 Å². The molecule has 1 fully saturated rings. The number of rotatable bonds is 5. The number of hydrogen-bond donors (Lipinski definition) is 2. The molecule has 7 heteroatoms. The number of piperazine rings is 1. The summed E-state index contributed by atoms with van der Waals surface area (Å²) in [6.45, 7) is 7.37. The van der Waals surface area contributed by atoms with Crippen LogP contribution in [-0.2, 0) is 4.79 Å². The zero-order valence-corrected chi connectivity index (χ0v) is 15.2. The fourth-order valence-corrected chi connectivity index (χ4v) is 3.49. The molecule has 1 unspecified atom stereocenters. The van der Waals surface area contributed by atoms with Crippen LogP contribution in [0.1, 0.15) is 25.6 Å². The van der Waals surface area contributed by atoms with Crippen molar-refractivity contribution in [3.8, 4) is 11.4 Å². The molecule has 2 heterocycles. The SMILES string of the molecule is CC(C)N1CCN(C(C(=O)O)c2[nH]c(-c3ccccc3)nc2Cl)CC1. The normalized spacial score (nSPS) is 17.8. The van der Waals surface area contributed by atoms with Crippen LogP contribution in [0, 0.1) is 0 Å². The van der Waals surface area contributed by atoms with Gasteiger partial charge in [0, 0.05) is 37.8 Å². The van der Waals surface area contributed by atoms with Gasteiger partial charge in [0.15, 0.2) is 11.2 Å². The number of carbonyl (C=O) groups is 1. The smallest absolute Gasteiger partial charge is 0.327 e. The second kappa shape index (κ2) is 7.56. The number of carboxylic acids is 1. The van der Waals surface area contributed by atoms with E-state index in [1.807, 2.05) is 35.2 Å². The Morgan fingerprint density at radius 2 is 1.76 bits per heavy atom. The van der Waals surface area contributed by atoms with E-state index in [2.05, 4.69) is 28.7 Å². The Labute approximate surface area is 152 Å². The number of carboxylic acid groups (broad SMARTS) is 1. The number of nitrogens with one attached hydrogen (secondary N) is 1. The minimum atomic E-state index is -0.914. The summed E-state index contributed by atoms with van der Waals surface area (Å²) >= 11 is 6.29. The highest BCUT2D eigenvalue weighted by Gasteiger charge is 2.34. The zero-order valence-electron chi connectivity index (χ0n) is 14.4. The number of imidazole rings is 1. The molecule has 0 saturated carbocycles. The summed E-state index contributed by atoms with van der Waals surface area (Å²) in [5, 5.41) is 10.0. The fraction of sp³-hybridized carbons (Fsp3) is 0.444. The molecule has 2 aromatic rings. The highest BCUT2D eigenvalue weighted by atomic mass is 35.5. The molecule has 1 aromatic heterocycles. The molecule has 0 amide bonds. The lowest BCUT2D eigenvalue weighted by Crippen LogP contribution is -2.51. The van der Waals surface area contributed by atoms with Gasteiger partial charge >= 0.3 is 5.97 Å². The lowest BCUT2D eigenvalue weighted by Gasteiger charge is -2.39. The van der Waals surface area contributed by atoms with Gasteiger partial charge in [-0.15, -0.1) is 0 Å². The maximum atomic E-state index is 12.0. The lowest BCUT2D eigenvalue weighted by atomic mass is 10.1. The second-order valence-electron chi connectivity index (χ2n) is 6.56. The molecule has 1 aromatic carbocycles. The van der Waals surface area contributed by atoms with E-state index in [0.717, 1.165) is 18.7 Å². The van der Waals surface area contributed by atoms with E-state index < -0.39 is 12.0 Å². The maximum Gasteiger partial charge on any atom is 0.327 e. The predicted molar refractivity (Wildman–Crippen MR) is 97.7 cm³/mol. The Morgan fingerprint density at radius 1 is 1.16 bits per heavy atom. The van der Waals surface area contributed by atoms with Crippen molar-refractivity contribution in [1.29, 1.82) is 0 Å². The van der Waals surface area contributed by atoms with Crippen LogP contribution >= 0.6 is 11.6 Å². The number of hydrogen-bond acceptors (Lipinski definition) is 4. The molecule has 134 valence electrons. The quantitative estimate of drug-likeness (QED) is 0.855. The topological polar surface area (TPSA) is 72.5 Å². The molecule has 1 atom stereocenters. The standard InChI is InChI=1S/C18H23ClN4O2/c1-12(2)22-8-10-23(11-9-22)15(18(24)25)14-16(19)21-17(20-14)13-6-4-3-5-7-13/h3-7,12,15H,8-11H2,1-2H3,(H,20,21)(H,24,25). The van der Waals surface area contributed by atoms with E-state index in [-0.39, 0.29) is 5.15 Å². The summed E-state index contributed by atoms with van der Waals surface area (Å²) in [6, 6.07) is 9.21. The summed E-state index contributed by atoms with van der Waals surface area (Å²) in [4.78, 5) is 23.7. The summed E-state index contributed by atoms with van der Waals surface area (Å²) in [5.41, 5.74) is 1.33. The summed E-state index contributed by atoms with van der Waals surface area (Å²) in [6.07, 6.45) is 0. The Balaban J connectivity index is 1.85. The number of aromatic nitrogens is 2. The summed E-state index contributed by atoms with van der Waals surface area (Å²) in [5.74, 6) is -0.323. The number of aliphatic carboxylic acids is 1. The molecule has 6 nitrogen and oxygen atoms in total. The van der Waals surface area contributed by atoms with E-state index in [0.29, 0.717) is 30.6 Å². The van der Waals surface area contributed by atoms with Gasteiger partial charge in [-0.1, -0.05) is 41.9 Å². The Kier molecular flexibility index (Phi) is 5.42. The van der Waals surface area contributed by atoms with Crippen LogP contribution in [0.25, 0.3) is 11.4 Å². The van der Waals surface area contributed by atoms with Crippen molar-refractivity contribution in [1.82, 2.24) is 19.8 Å². The third kappa shape index (κ3) is 3.86. The van der Waals surface area contributed by atoms with Gasteiger partial charge in [-0.3, -0.25) is 14.6 Å². The van der Waals surface area contributed by atoms with Gasteiger partial charge in [0.25, 0.3) is 0 Å². The van der Waals surface area contributed by atoms with Gasteiger partial charge in [0.2, 0.25) is 0 Å². The number of halogens is 1. The first-order chi connectivity index (χ1) is 12.0. The van der Waals surface area contributed by atoms with Crippen molar-refractivity contribution in [2.24, 2.45) is 0 Å². The molecule has 0 aliphatic carbocycles. The van der Waals surface area contributed by atoms with Gasteiger partial charge in [0.1, 0.15) is 5.82 Å². The lowest BCUT2D eigenvalue weighted by molar-refractivity contribution is -0.144. The van der Waals surface area contributed by atoms with Crippen LogP contribution in [-0.4, -0.2) is 63.1 Å². The number of nitrogens with zero attached hydrogens (tertiary/aromatic N) is 3. The Bertz CT molecular complexity index is 724. The molecular formula is C18H23ClN4O2. The third-order valence-corrected chi connectivity index (χ3v) is 4.97. The minimum absolute atomic E-state index is 0.220. The molecule has 1 saturated heterocycles. The Morgan fingerprint density at radius 3 is 2.32 bits per heavy atom. The van der Waals surface area contributed by atoms with Crippen molar-refractivity contribution >= 4 is 17.6 Å². The van der Waals surface area contributed by atoms with E-state index in [4.69, 9.17) is 11.6 Å². The van der Waals surface area contributed by atoms with E-state index >= 15 is 0 Å². The molecule has 0 radical (unpaired) electrons. The van der Waals surface area contributed by atoms with Crippen LogP contribution in [0.15, 0.2) is 30.3 Å². The first-order valence-corrected chi connectivity index (χ1v) is 8.87. The fourth-order valence-electron chi connectivity index (χ4n) is 3.25. The monoisotopic (exact) mass is 362 g/mol. The maximum absolute atomic E-state index is 12.0. The van der Waals surface area contributed by atoms with Crippen molar-refractivity contribution in [3.63, 3.8) is 0 Å². The first-order valence-electron chi connectivity index (χ1n) is 8.49. The van der Waals surface area contributed by atoms with Crippen molar-refractivity contribution < 1.29 is 9.90 Å². The number of aromatic amines is 1. The highest BCUT2D eigenvalue weighted by molar-refractivity contribution is 6.30. The summed E-state index contributed by atoms with van der Waals surface area (Å²) < 4.78 is 0. The molecule has 1 aliphatic heterocycles. The van der Waals surface area contributed by atoms with Crippen molar-refractivity contribution in [2.45, 2.75) is 25.9 Å². The molecule has 2 N–H and O–H groups in total. The van der Waals surface area contributed by atoms with E-state index in [1.165, 1.54) is 0 Å². The van der Waals surface area contributed by atoms with Crippen LogP contribution in [0.4, 0.5) is 0 Å². The molecule has 3 rings (SSSR count). The molecule has 0 bridgehead atoms. The van der Waals surface area contributed by atoms with E-state index in [9.17, 15) is 9.90 Å². The van der Waals surface area contributed by atoms with E-state index in [1.54, 1.807) is 0 Å². The van der Waals surface area contributed by atoms with Crippen LogP contribution < -0.4 is 0 Å². The van der Waals surface area contributed by atoms with Gasteiger partial charge in [-0.25, -0.2) is 4.98 Å². The molecule has 0 spiro atoms. The molecule has 1 aliphatic rings.